The number of nitrogens with zero attached hydrogens (tertiary/aromatic N) is 2. The van der Waals surface area contributed by atoms with Crippen LogP contribution in [0.4, 0.5) is 0 Å². The molecule has 3 N–H and O–H groups in total. The number of carbonyl (C=O) groups is 4. The second-order valence-electron chi connectivity index (χ2n) is 6.13. The fourth-order valence-corrected chi connectivity index (χ4v) is 3.06. The molecule has 1 aromatic heterocycles. The van der Waals surface area contributed by atoms with Crippen molar-refractivity contribution < 1.29 is 29.0 Å². The van der Waals surface area contributed by atoms with Gasteiger partial charge >= 0.3 is 5.97 Å². The standard InChI is InChI=1S/C17H18N4O6/c1-8-18-14-9(16(25)19-10-4-6-12(22)20-17(10)26)3-5-11(27-2)15(14)21(8)7-13(23)24/h3,5,10H,4,6-7H2,1-2H3,(H,19,25)(H,23,24)(H,20,22,26). The predicted molar refractivity (Wildman–Crippen MR) is 92.3 cm³/mol. The molecule has 1 unspecified atom stereocenters. The van der Waals surface area contributed by atoms with Crippen LogP contribution < -0.4 is 15.4 Å². The average Bonchev–Trinajstić information content (AvgIpc) is 2.92. The third kappa shape index (κ3) is 3.46. The molecule has 1 aliphatic heterocycles. The molecule has 2 heterocycles. The number of imidazole rings is 1. The van der Waals surface area contributed by atoms with E-state index in [0.29, 0.717) is 17.1 Å². The molecule has 2 aromatic rings. The van der Waals surface area contributed by atoms with Crippen LogP contribution in [0.25, 0.3) is 11.0 Å². The van der Waals surface area contributed by atoms with Crippen molar-refractivity contribution in [1.82, 2.24) is 20.2 Å². The quantitative estimate of drug-likeness (QED) is 0.625. The lowest BCUT2D eigenvalue weighted by atomic mass is 10.0. The van der Waals surface area contributed by atoms with Gasteiger partial charge in [0.05, 0.1) is 12.7 Å². The highest BCUT2D eigenvalue weighted by molar-refractivity contribution is 6.09. The molecule has 0 saturated carbocycles. The third-order valence-corrected chi connectivity index (χ3v) is 4.35. The maximum atomic E-state index is 12.7. The number of aryl methyl sites for hydroxylation is 1. The first kappa shape index (κ1) is 18.4. The van der Waals surface area contributed by atoms with E-state index in [4.69, 9.17) is 9.84 Å². The predicted octanol–water partition coefficient (Wildman–Crippen LogP) is -0.0271. The van der Waals surface area contributed by atoms with Crippen LogP contribution in [0.3, 0.4) is 0 Å². The Morgan fingerprint density at radius 1 is 1.41 bits per heavy atom. The van der Waals surface area contributed by atoms with Crippen molar-refractivity contribution in [2.24, 2.45) is 0 Å². The second-order valence-corrected chi connectivity index (χ2v) is 6.13. The number of aliphatic carboxylic acids is 1. The molecule has 142 valence electrons. The molecule has 1 aromatic carbocycles. The smallest absolute Gasteiger partial charge is 0.323 e. The van der Waals surface area contributed by atoms with Crippen molar-refractivity contribution in [2.75, 3.05) is 7.11 Å². The number of imide groups is 1. The number of rotatable bonds is 5. The minimum Gasteiger partial charge on any atom is -0.494 e. The Morgan fingerprint density at radius 2 is 2.15 bits per heavy atom. The van der Waals surface area contributed by atoms with Gasteiger partial charge in [0.1, 0.15) is 35.2 Å². The van der Waals surface area contributed by atoms with E-state index < -0.39 is 23.8 Å². The highest BCUT2D eigenvalue weighted by Gasteiger charge is 2.29. The molecule has 27 heavy (non-hydrogen) atoms. The van der Waals surface area contributed by atoms with Gasteiger partial charge < -0.3 is 19.7 Å². The maximum Gasteiger partial charge on any atom is 0.323 e. The van der Waals surface area contributed by atoms with Crippen LogP contribution in [0.2, 0.25) is 0 Å². The van der Waals surface area contributed by atoms with E-state index in [2.05, 4.69) is 15.6 Å². The number of fused-ring (bicyclic) bond motifs is 1. The molecule has 10 heteroatoms. The van der Waals surface area contributed by atoms with Crippen LogP contribution in [0.5, 0.6) is 5.75 Å². The highest BCUT2D eigenvalue weighted by atomic mass is 16.5. The first-order chi connectivity index (χ1) is 12.8. The van der Waals surface area contributed by atoms with Gasteiger partial charge in [0.15, 0.2) is 0 Å². The van der Waals surface area contributed by atoms with Crippen LogP contribution >= 0.6 is 0 Å². The summed E-state index contributed by atoms with van der Waals surface area (Å²) in [6.07, 6.45) is 0.350. The van der Waals surface area contributed by atoms with E-state index in [-0.39, 0.29) is 36.4 Å². The lowest BCUT2D eigenvalue weighted by Gasteiger charge is -2.21. The van der Waals surface area contributed by atoms with Gasteiger partial charge in [-0.3, -0.25) is 24.5 Å². The Balaban J connectivity index is 1.99. The zero-order chi connectivity index (χ0) is 19.7. The molecule has 1 fully saturated rings. The third-order valence-electron chi connectivity index (χ3n) is 4.35. The number of amides is 3. The molecular weight excluding hydrogens is 356 g/mol. The van der Waals surface area contributed by atoms with Gasteiger partial charge in [-0.1, -0.05) is 0 Å². The number of aromatic nitrogens is 2. The van der Waals surface area contributed by atoms with Gasteiger partial charge in [-0.05, 0) is 25.5 Å². The molecule has 1 aliphatic rings. The number of hydrogen-bond donors (Lipinski definition) is 3. The summed E-state index contributed by atoms with van der Waals surface area (Å²) in [6, 6.07) is 2.22. The Bertz CT molecular complexity index is 964. The van der Waals surface area contributed by atoms with E-state index in [9.17, 15) is 19.2 Å². The van der Waals surface area contributed by atoms with Gasteiger partial charge in [-0.2, -0.15) is 0 Å². The second kappa shape index (κ2) is 7.06. The van der Waals surface area contributed by atoms with E-state index >= 15 is 0 Å². The molecule has 0 bridgehead atoms. The zero-order valence-electron chi connectivity index (χ0n) is 14.7. The maximum absolute atomic E-state index is 12.7. The lowest BCUT2D eigenvalue weighted by molar-refractivity contribution is -0.138. The number of carboxylic acid groups (broad SMARTS) is 1. The van der Waals surface area contributed by atoms with Crippen molar-refractivity contribution in [1.29, 1.82) is 0 Å². The molecule has 0 aliphatic carbocycles. The van der Waals surface area contributed by atoms with Crippen molar-refractivity contribution in [3.63, 3.8) is 0 Å². The van der Waals surface area contributed by atoms with Crippen LogP contribution in [-0.2, 0) is 20.9 Å². The number of nitrogens with one attached hydrogen (secondary N) is 2. The SMILES string of the molecule is COc1ccc(C(=O)NC2CCC(=O)NC2=O)c2nc(C)n(CC(=O)O)c12. The monoisotopic (exact) mass is 374 g/mol. The number of methoxy groups -OCH3 is 1. The van der Waals surface area contributed by atoms with Crippen molar-refractivity contribution in [2.45, 2.75) is 32.4 Å². The highest BCUT2D eigenvalue weighted by Crippen LogP contribution is 2.29. The fraction of sp³-hybridized carbons (Fsp3) is 0.353. The molecule has 1 atom stereocenters. The number of benzene rings is 1. The summed E-state index contributed by atoms with van der Waals surface area (Å²) in [5, 5.41) is 13.9. The Labute approximate surface area is 153 Å². The van der Waals surface area contributed by atoms with Crippen LogP contribution in [0.1, 0.15) is 29.0 Å². The van der Waals surface area contributed by atoms with Gasteiger partial charge in [0.2, 0.25) is 11.8 Å². The molecule has 0 spiro atoms. The molecule has 0 radical (unpaired) electrons. The minimum absolute atomic E-state index is 0.140. The average molecular weight is 374 g/mol. The molecule has 3 amide bonds. The lowest BCUT2D eigenvalue weighted by Crippen LogP contribution is -2.52. The van der Waals surface area contributed by atoms with E-state index in [1.54, 1.807) is 13.0 Å². The zero-order valence-corrected chi connectivity index (χ0v) is 14.7. The van der Waals surface area contributed by atoms with Crippen LogP contribution in [0, 0.1) is 6.92 Å². The summed E-state index contributed by atoms with van der Waals surface area (Å²) in [6.45, 7) is 1.29. The summed E-state index contributed by atoms with van der Waals surface area (Å²) in [4.78, 5) is 51.3. The summed E-state index contributed by atoms with van der Waals surface area (Å²) in [7, 11) is 1.44. The molecule has 3 rings (SSSR count). The minimum atomic E-state index is -1.06. The van der Waals surface area contributed by atoms with Crippen LogP contribution in [-0.4, -0.2) is 51.5 Å². The molecular formula is C17H18N4O6. The number of carbonyl (C=O) groups excluding carboxylic acids is 3. The summed E-state index contributed by atoms with van der Waals surface area (Å²) >= 11 is 0. The topological polar surface area (TPSA) is 140 Å². The van der Waals surface area contributed by atoms with Crippen molar-refractivity contribution >= 4 is 34.7 Å². The first-order valence-corrected chi connectivity index (χ1v) is 8.22. The van der Waals surface area contributed by atoms with E-state index in [1.807, 2.05) is 0 Å². The van der Waals surface area contributed by atoms with Gasteiger partial charge in [-0.15, -0.1) is 0 Å². The fourth-order valence-electron chi connectivity index (χ4n) is 3.06. The molecule has 1 saturated heterocycles. The van der Waals surface area contributed by atoms with E-state index in [0.717, 1.165) is 0 Å². The number of carboxylic acids is 1. The largest absolute Gasteiger partial charge is 0.494 e. The number of hydrogen-bond acceptors (Lipinski definition) is 6. The Kier molecular flexibility index (Phi) is 4.80. The Morgan fingerprint density at radius 3 is 2.78 bits per heavy atom. The Hall–Kier alpha value is -3.43. The van der Waals surface area contributed by atoms with Gasteiger partial charge in [-0.25, -0.2) is 4.98 Å². The van der Waals surface area contributed by atoms with E-state index in [1.165, 1.54) is 17.7 Å². The number of ether oxygens (including phenoxy) is 1. The summed E-state index contributed by atoms with van der Waals surface area (Å²) < 4.78 is 6.73. The molecule has 10 nitrogen and oxygen atoms in total. The van der Waals surface area contributed by atoms with Crippen molar-refractivity contribution in [3.05, 3.63) is 23.5 Å². The van der Waals surface area contributed by atoms with Gasteiger partial charge in [0, 0.05) is 6.42 Å². The van der Waals surface area contributed by atoms with Gasteiger partial charge in [0.25, 0.3) is 5.91 Å². The van der Waals surface area contributed by atoms with Crippen molar-refractivity contribution in [3.8, 4) is 5.75 Å². The summed E-state index contributed by atoms with van der Waals surface area (Å²) in [5.74, 6) is -1.75. The van der Waals surface area contributed by atoms with Crippen LogP contribution in [0.15, 0.2) is 12.1 Å². The normalized spacial score (nSPS) is 16.9. The summed E-state index contributed by atoms with van der Waals surface area (Å²) in [5.41, 5.74) is 0.842. The first-order valence-electron chi connectivity index (χ1n) is 8.22. The number of piperidine rings is 1.